The average Bonchev–Trinajstić information content (AvgIpc) is 3.09. The highest BCUT2D eigenvalue weighted by atomic mass is 19.0. The Balaban J connectivity index is 0.00000186. The SMILES string of the molecule is C=C[C@@H]1C[N+]2(Cc3c4ccccc4cc4ccccc34)CC[C@H]1C[C@H]2[C@H](OCc1ccccc1)c1ccnc2ccccc12.F.[F-]. The predicted octanol–water partition coefficient (Wildman–Crippen LogP) is 6.57. The van der Waals surface area contributed by atoms with E-state index in [1.54, 1.807) is 0 Å². The van der Waals surface area contributed by atoms with E-state index >= 15 is 0 Å². The van der Waals surface area contributed by atoms with Crippen LogP contribution in [0.25, 0.3) is 32.4 Å². The Morgan fingerprint density at radius 2 is 1.48 bits per heavy atom. The summed E-state index contributed by atoms with van der Waals surface area (Å²) in [5.74, 6) is 1.16. The lowest BCUT2D eigenvalue weighted by molar-refractivity contribution is -0.984. The van der Waals surface area contributed by atoms with E-state index in [2.05, 4.69) is 128 Å². The van der Waals surface area contributed by atoms with Crippen molar-refractivity contribution in [3.8, 4) is 0 Å². The van der Waals surface area contributed by atoms with Crippen molar-refractivity contribution in [2.75, 3.05) is 13.1 Å². The second kappa shape index (κ2) is 13.1. The number of hydrogen-bond acceptors (Lipinski definition) is 2. The first-order chi connectivity index (χ1) is 21.7. The smallest absolute Gasteiger partial charge is 0.135 e. The van der Waals surface area contributed by atoms with Gasteiger partial charge in [-0.15, -0.1) is 6.58 Å². The van der Waals surface area contributed by atoms with E-state index < -0.39 is 0 Å². The van der Waals surface area contributed by atoms with Crippen LogP contribution in [0.3, 0.4) is 0 Å². The fourth-order valence-corrected chi connectivity index (χ4v) is 8.49. The Morgan fingerprint density at radius 3 is 2.20 bits per heavy atom. The van der Waals surface area contributed by atoms with E-state index in [1.165, 1.54) is 50.0 Å². The fourth-order valence-electron chi connectivity index (χ4n) is 8.49. The van der Waals surface area contributed by atoms with Crippen LogP contribution in [-0.2, 0) is 17.9 Å². The standard InChI is InChI=1S/C41H39N2O.2FH/c1-2-30-26-43(27-38-34-16-8-6-14-32(34)24-33-15-7-9-17-35(33)38)23-21-31(30)25-40(43)41(44-28-29-12-4-3-5-13-29)37-20-22-42-39-19-11-10-18-36(37)39;;/h2-20,22,24,30-31,40-41H,1,21,23,25-28H2;2*1H/q+1;;/p-1/t30-,31+,40+,41-,43?;;/m1../s1. The molecule has 3 saturated heterocycles. The number of para-hydroxylation sites is 1. The van der Waals surface area contributed by atoms with E-state index in [0.717, 1.165) is 36.1 Å². The van der Waals surface area contributed by atoms with Gasteiger partial charge in [0.2, 0.25) is 0 Å². The lowest BCUT2D eigenvalue weighted by atomic mass is 9.70. The maximum absolute atomic E-state index is 7.15. The first-order valence-electron chi connectivity index (χ1n) is 16.1. The Hall–Kier alpha value is -4.45. The summed E-state index contributed by atoms with van der Waals surface area (Å²) < 4.78 is 8.17. The van der Waals surface area contributed by atoms with Crippen LogP contribution in [0.5, 0.6) is 0 Å². The summed E-state index contributed by atoms with van der Waals surface area (Å²) in [5, 5.41) is 6.58. The number of pyridine rings is 1. The molecule has 1 aromatic heterocycles. The molecule has 0 aliphatic carbocycles. The second-order valence-corrected chi connectivity index (χ2v) is 13.0. The quantitative estimate of drug-likeness (QED) is 0.110. The van der Waals surface area contributed by atoms with E-state index in [1.807, 2.05) is 6.20 Å². The molecule has 6 aromatic rings. The lowest BCUT2D eigenvalue weighted by Gasteiger charge is -2.58. The molecule has 0 amide bonds. The summed E-state index contributed by atoms with van der Waals surface area (Å²) in [6.07, 6.45) is 6.53. The molecule has 0 spiro atoms. The molecule has 46 heavy (non-hydrogen) atoms. The van der Waals surface area contributed by atoms with Gasteiger partial charge in [-0.25, -0.2) is 0 Å². The topological polar surface area (TPSA) is 22.1 Å². The summed E-state index contributed by atoms with van der Waals surface area (Å²) >= 11 is 0. The number of benzene rings is 5. The predicted molar refractivity (Wildman–Crippen MR) is 184 cm³/mol. The average molecular weight is 615 g/mol. The van der Waals surface area contributed by atoms with Gasteiger partial charge in [0.25, 0.3) is 0 Å². The van der Waals surface area contributed by atoms with Crippen LogP contribution in [0.2, 0.25) is 0 Å². The summed E-state index contributed by atoms with van der Waals surface area (Å²) in [4.78, 5) is 4.74. The molecular weight excluding hydrogens is 574 g/mol. The number of rotatable bonds is 8. The van der Waals surface area contributed by atoms with Gasteiger partial charge in [-0.1, -0.05) is 103 Å². The molecule has 3 nitrogen and oxygen atoms in total. The number of aromatic nitrogens is 1. The molecular formula is C41H40F2N2O. The van der Waals surface area contributed by atoms with E-state index in [9.17, 15) is 0 Å². The van der Waals surface area contributed by atoms with Crippen LogP contribution in [0, 0.1) is 11.8 Å². The molecule has 3 fully saturated rings. The molecule has 0 saturated carbocycles. The minimum atomic E-state index is -0.0575. The van der Waals surface area contributed by atoms with Crippen molar-refractivity contribution in [1.29, 1.82) is 0 Å². The van der Waals surface area contributed by atoms with Gasteiger partial charge in [0.1, 0.15) is 18.7 Å². The summed E-state index contributed by atoms with van der Waals surface area (Å²) in [5.41, 5.74) is 4.97. The third kappa shape index (κ3) is 5.48. The molecule has 4 heterocycles. The van der Waals surface area contributed by atoms with Crippen molar-refractivity contribution in [3.05, 3.63) is 151 Å². The van der Waals surface area contributed by atoms with Crippen LogP contribution in [0.15, 0.2) is 134 Å². The van der Waals surface area contributed by atoms with Gasteiger partial charge in [-0.05, 0) is 56.8 Å². The lowest BCUT2D eigenvalue weighted by Crippen LogP contribution is -3.00. The highest BCUT2D eigenvalue weighted by molar-refractivity contribution is 6.02. The summed E-state index contributed by atoms with van der Waals surface area (Å²) in [6, 6.07) is 42.0. The Kier molecular flexibility index (Phi) is 8.99. The van der Waals surface area contributed by atoms with Crippen LogP contribution in [0.1, 0.15) is 35.6 Å². The van der Waals surface area contributed by atoms with Crippen molar-refractivity contribution < 1.29 is 18.6 Å². The van der Waals surface area contributed by atoms with Crippen molar-refractivity contribution in [3.63, 3.8) is 0 Å². The maximum Gasteiger partial charge on any atom is 0.135 e. The fraction of sp³-hybridized carbons (Fsp3) is 0.244. The number of quaternary nitrogens is 1. The van der Waals surface area contributed by atoms with Crippen LogP contribution >= 0.6 is 0 Å². The molecule has 9 rings (SSSR count). The molecule has 0 N–H and O–H groups in total. The van der Waals surface area contributed by atoms with Crippen molar-refractivity contribution in [2.24, 2.45) is 11.8 Å². The number of hydrogen-bond donors (Lipinski definition) is 0. The van der Waals surface area contributed by atoms with Gasteiger partial charge < -0.3 is 13.9 Å². The first-order valence-corrected chi connectivity index (χ1v) is 16.1. The zero-order chi connectivity index (χ0) is 29.5. The third-order valence-corrected chi connectivity index (χ3v) is 10.6. The van der Waals surface area contributed by atoms with Gasteiger partial charge in [-0.3, -0.25) is 9.69 Å². The number of piperidine rings is 3. The first kappa shape index (κ1) is 31.5. The summed E-state index contributed by atoms with van der Waals surface area (Å²) in [7, 11) is 0. The number of nitrogens with zero attached hydrogens (tertiary/aromatic N) is 2. The van der Waals surface area contributed by atoms with Gasteiger partial charge >= 0.3 is 0 Å². The Bertz CT molecular complexity index is 1920. The Labute approximate surface area is 269 Å². The molecule has 5 atom stereocenters. The normalized spacial score (nSPS) is 22.7. The van der Waals surface area contributed by atoms with Gasteiger partial charge in [0.15, 0.2) is 0 Å². The minimum Gasteiger partial charge on any atom is -1.00 e. The minimum absolute atomic E-state index is 0. The molecule has 0 radical (unpaired) electrons. The van der Waals surface area contributed by atoms with Gasteiger partial charge in [0, 0.05) is 35.9 Å². The molecule has 2 bridgehead atoms. The third-order valence-electron chi connectivity index (χ3n) is 10.6. The van der Waals surface area contributed by atoms with Crippen molar-refractivity contribution in [2.45, 2.75) is 38.1 Å². The highest BCUT2D eigenvalue weighted by Gasteiger charge is 2.55. The van der Waals surface area contributed by atoms with Crippen LogP contribution in [-0.4, -0.2) is 28.6 Å². The van der Waals surface area contributed by atoms with E-state index in [4.69, 9.17) is 9.72 Å². The second-order valence-electron chi connectivity index (χ2n) is 13.0. The molecule has 3 aliphatic heterocycles. The Morgan fingerprint density at radius 1 is 0.826 bits per heavy atom. The molecule has 234 valence electrons. The summed E-state index contributed by atoms with van der Waals surface area (Å²) in [6.45, 7) is 8.17. The zero-order valence-electron chi connectivity index (χ0n) is 26.0. The van der Waals surface area contributed by atoms with Gasteiger partial charge in [-0.2, -0.15) is 0 Å². The van der Waals surface area contributed by atoms with E-state index in [-0.39, 0.29) is 15.5 Å². The number of halogens is 2. The molecule has 3 aliphatic rings. The largest absolute Gasteiger partial charge is 1.00 e. The van der Waals surface area contributed by atoms with Crippen LogP contribution in [0.4, 0.5) is 4.70 Å². The molecule has 5 aromatic carbocycles. The number of fused-ring (bicyclic) bond motifs is 6. The van der Waals surface area contributed by atoms with Crippen molar-refractivity contribution in [1.82, 2.24) is 4.98 Å². The van der Waals surface area contributed by atoms with Gasteiger partial charge in [0.05, 0.1) is 25.2 Å². The highest BCUT2D eigenvalue weighted by Crippen LogP contribution is 2.50. The molecule has 1 unspecified atom stereocenters. The monoisotopic (exact) mass is 614 g/mol. The maximum atomic E-state index is 7.15. The number of ether oxygens (including phenoxy) is 1. The van der Waals surface area contributed by atoms with Crippen LogP contribution < -0.4 is 4.70 Å². The van der Waals surface area contributed by atoms with Crippen molar-refractivity contribution >= 4 is 32.4 Å². The zero-order valence-corrected chi connectivity index (χ0v) is 26.0. The molecule has 5 heteroatoms. The van der Waals surface area contributed by atoms with E-state index in [0.29, 0.717) is 24.5 Å².